The molecule has 0 radical (unpaired) electrons. The van der Waals surface area contributed by atoms with Crippen molar-refractivity contribution in [3.05, 3.63) is 28.5 Å². The lowest BCUT2D eigenvalue weighted by molar-refractivity contribution is -0.117. The van der Waals surface area contributed by atoms with Crippen molar-refractivity contribution in [2.75, 3.05) is 0 Å². The van der Waals surface area contributed by atoms with Gasteiger partial charge in [-0.15, -0.1) is 11.3 Å². The standard InChI is InChI=1S/C14H19NOS/c16-14(10-9-13-8-5-11-17-13)15-12-6-3-1-2-4-7-12/h5,8-12H,1-4,6-7H2,(H,15,16)/b10-9+. The minimum atomic E-state index is 0.0466. The third-order valence-electron chi connectivity index (χ3n) is 3.14. The van der Waals surface area contributed by atoms with Crippen molar-refractivity contribution in [1.29, 1.82) is 0 Å². The number of nitrogens with one attached hydrogen (secondary N) is 1. The molecule has 0 saturated heterocycles. The van der Waals surface area contributed by atoms with Crippen LogP contribution in [0.4, 0.5) is 0 Å². The van der Waals surface area contributed by atoms with E-state index in [2.05, 4.69) is 5.32 Å². The van der Waals surface area contributed by atoms with Gasteiger partial charge in [-0.05, 0) is 30.4 Å². The second kappa shape index (κ2) is 6.60. The Labute approximate surface area is 107 Å². The van der Waals surface area contributed by atoms with Gasteiger partial charge in [0.2, 0.25) is 5.91 Å². The van der Waals surface area contributed by atoms with Crippen LogP contribution in [0.3, 0.4) is 0 Å². The summed E-state index contributed by atoms with van der Waals surface area (Å²) in [5.74, 6) is 0.0466. The molecule has 17 heavy (non-hydrogen) atoms. The van der Waals surface area contributed by atoms with Gasteiger partial charge >= 0.3 is 0 Å². The van der Waals surface area contributed by atoms with Crippen LogP contribution >= 0.6 is 11.3 Å². The number of hydrogen-bond donors (Lipinski definition) is 1. The topological polar surface area (TPSA) is 29.1 Å². The van der Waals surface area contributed by atoms with Crippen LogP contribution in [-0.2, 0) is 4.79 Å². The van der Waals surface area contributed by atoms with Crippen molar-refractivity contribution >= 4 is 23.3 Å². The van der Waals surface area contributed by atoms with Crippen LogP contribution in [-0.4, -0.2) is 11.9 Å². The number of carbonyl (C=O) groups is 1. The van der Waals surface area contributed by atoms with Gasteiger partial charge in [0.05, 0.1) is 0 Å². The average Bonchev–Trinajstić information content (AvgIpc) is 2.72. The van der Waals surface area contributed by atoms with E-state index in [1.54, 1.807) is 17.4 Å². The van der Waals surface area contributed by atoms with E-state index in [4.69, 9.17) is 0 Å². The lowest BCUT2D eigenvalue weighted by Gasteiger charge is -2.14. The van der Waals surface area contributed by atoms with Gasteiger partial charge in [-0.3, -0.25) is 4.79 Å². The zero-order chi connectivity index (χ0) is 11.9. The van der Waals surface area contributed by atoms with Crippen molar-refractivity contribution in [3.8, 4) is 0 Å². The first-order valence-electron chi connectivity index (χ1n) is 6.37. The summed E-state index contributed by atoms with van der Waals surface area (Å²) in [5.41, 5.74) is 0. The molecule has 1 aliphatic rings. The Morgan fingerprint density at radius 2 is 2.06 bits per heavy atom. The summed E-state index contributed by atoms with van der Waals surface area (Å²) >= 11 is 1.65. The highest BCUT2D eigenvalue weighted by Crippen LogP contribution is 2.17. The number of rotatable bonds is 3. The molecule has 0 spiro atoms. The Morgan fingerprint density at radius 3 is 2.71 bits per heavy atom. The molecule has 1 fully saturated rings. The second-order valence-electron chi connectivity index (χ2n) is 4.55. The van der Waals surface area contributed by atoms with Crippen LogP contribution in [0.2, 0.25) is 0 Å². The summed E-state index contributed by atoms with van der Waals surface area (Å²) in [6, 6.07) is 4.39. The third-order valence-corrected chi connectivity index (χ3v) is 3.98. The van der Waals surface area contributed by atoms with E-state index < -0.39 is 0 Å². The predicted molar refractivity (Wildman–Crippen MR) is 73.0 cm³/mol. The molecule has 2 rings (SSSR count). The van der Waals surface area contributed by atoms with Crippen LogP contribution in [0.25, 0.3) is 6.08 Å². The molecule has 0 aromatic carbocycles. The maximum absolute atomic E-state index is 11.7. The highest BCUT2D eigenvalue weighted by atomic mass is 32.1. The molecule has 1 amide bonds. The molecule has 1 aromatic heterocycles. The molecule has 1 aliphatic carbocycles. The lowest BCUT2D eigenvalue weighted by atomic mass is 10.1. The van der Waals surface area contributed by atoms with Gasteiger partial charge in [0.25, 0.3) is 0 Å². The molecule has 1 heterocycles. The highest BCUT2D eigenvalue weighted by Gasteiger charge is 2.12. The lowest BCUT2D eigenvalue weighted by Crippen LogP contribution is -2.33. The molecule has 0 bridgehead atoms. The number of carbonyl (C=O) groups excluding carboxylic acids is 1. The van der Waals surface area contributed by atoms with Gasteiger partial charge in [0, 0.05) is 17.0 Å². The fourth-order valence-corrected chi connectivity index (χ4v) is 2.83. The van der Waals surface area contributed by atoms with Crippen LogP contribution in [0, 0.1) is 0 Å². The van der Waals surface area contributed by atoms with E-state index in [-0.39, 0.29) is 5.91 Å². The highest BCUT2D eigenvalue weighted by molar-refractivity contribution is 7.10. The number of thiophene rings is 1. The Kier molecular flexibility index (Phi) is 4.80. The molecule has 0 unspecified atom stereocenters. The maximum atomic E-state index is 11.7. The Morgan fingerprint density at radius 1 is 1.29 bits per heavy atom. The third kappa shape index (κ3) is 4.35. The Balaban J connectivity index is 1.80. The molecule has 3 heteroatoms. The first-order valence-corrected chi connectivity index (χ1v) is 7.24. The maximum Gasteiger partial charge on any atom is 0.244 e. The van der Waals surface area contributed by atoms with E-state index in [1.807, 2.05) is 23.6 Å². The molecule has 2 nitrogen and oxygen atoms in total. The van der Waals surface area contributed by atoms with E-state index in [0.717, 1.165) is 17.7 Å². The van der Waals surface area contributed by atoms with Crippen LogP contribution < -0.4 is 5.32 Å². The fourth-order valence-electron chi connectivity index (χ4n) is 2.22. The summed E-state index contributed by atoms with van der Waals surface area (Å²) in [6.07, 6.45) is 10.9. The molecule has 0 atom stereocenters. The van der Waals surface area contributed by atoms with Gasteiger partial charge in [0.15, 0.2) is 0 Å². The van der Waals surface area contributed by atoms with Crippen molar-refractivity contribution < 1.29 is 4.79 Å². The smallest absolute Gasteiger partial charge is 0.244 e. The van der Waals surface area contributed by atoms with E-state index in [0.29, 0.717) is 6.04 Å². The fraction of sp³-hybridized carbons (Fsp3) is 0.500. The Hall–Kier alpha value is -1.09. The summed E-state index contributed by atoms with van der Waals surface area (Å²) in [4.78, 5) is 12.9. The normalized spacial score (nSPS) is 18.1. The monoisotopic (exact) mass is 249 g/mol. The SMILES string of the molecule is O=C(/C=C/c1cccs1)NC1CCCCCC1. The van der Waals surface area contributed by atoms with E-state index >= 15 is 0 Å². The van der Waals surface area contributed by atoms with Crippen LogP contribution in [0.1, 0.15) is 43.4 Å². The van der Waals surface area contributed by atoms with Gasteiger partial charge in [-0.25, -0.2) is 0 Å². The van der Waals surface area contributed by atoms with E-state index in [9.17, 15) is 4.79 Å². The first kappa shape index (κ1) is 12.4. The molecular formula is C14H19NOS. The quantitative estimate of drug-likeness (QED) is 0.643. The zero-order valence-corrected chi connectivity index (χ0v) is 10.8. The van der Waals surface area contributed by atoms with Crippen molar-refractivity contribution in [2.24, 2.45) is 0 Å². The minimum Gasteiger partial charge on any atom is -0.350 e. The summed E-state index contributed by atoms with van der Waals surface area (Å²) in [6.45, 7) is 0. The summed E-state index contributed by atoms with van der Waals surface area (Å²) in [7, 11) is 0. The number of hydrogen-bond acceptors (Lipinski definition) is 2. The summed E-state index contributed by atoms with van der Waals surface area (Å²) < 4.78 is 0. The first-order chi connectivity index (χ1) is 8.34. The van der Waals surface area contributed by atoms with Gasteiger partial charge < -0.3 is 5.32 Å². The van der Waals surface area contributed by atoms with Gasteiger partial charge in [-0.2, -0.15) is 0 Å². The van der Waals surface area contributed by atoms with Crippen molar-refractivity contribution in [3.63, 3.8) is 0 Å². The Bertz CT molecular complexity index is 362. The molecule has 1 saturated carbocycles. The largest absolute Gasteiger partial charge is 0.350 e. The molecule has 0 aliphatic heterocycles. The number of amides is 1. The molecule has 1 aromatic rings. The zero-order valence-electron chi connectivity index (χ0n) is 10.0. The van der Waals surface area contributed by atoms with E-state index in [1.165, 1.54) is 25.7 Å². The summed E-state index contributed by atoms with van der Waals surface area (Å²) in [5, 5.41) is 5.12. The predicted octanol–water partition coefficient (Wildman–Crippen LogP) is 3.60. The minimum absolute atomic E-state index is 0.0466. The molecule has 92 valence electrons. The van der Waals surface area contributed by atoms with Gasteiger partial charge in [0.1, 0.15) is 0 Å². The van der Waals surface area contributed by atoms with Crippen molar-refractivity contribution in [2.45, 2.75) is 44.6 Å². The van der Waals surface area contributed by atoms with Crippen LogP contribution in [0.5, 0.6) is 0 Å². The van der Waals surface area contributed by atoms with Crippen molar-refractivity contribution in [1.82, 2.24) is 5.32 Å². The molecular weight excluding hydrogens is 230 g/mol. The average molecular weight is 249 g/mol. The molecule has 1 N–H and O–H groups in total. The van der Waals surface area contributed by atoms with Crippen LogP contribution in [0.15, 0.2) is 23.6 Å². The second-order valence-corrected chi connectivity index (χ2v) is 5.53. The van der Waals surface area contributed by atoms with Gasteiger partial charge in [-0.1, -0.05) is 31.7 Å².